The van der Waals surface area contributed by atoms with Gasteiger partial charge in [-0.05, 0) is 0 Å². The van der Waals surface area contributed by atoms with Crippen LogP contribution in [0.2, 0.25) is 0 Å². The summed E-state index contributed by atoms with van der Waals surface area (Å²) < 4.78 is 14.3. The number of methoxy groups -OCH3 is 2. The van der Waals surface area contributed by atoms with E-state index in [4.69, 9.17) is 9.26 Å². The molecule has 2 rings (SSSR count). The van der Waals surface area contributed by atoms with Gasteiger partial charge in [-0.1, -0.05) is 5.16 Å². The standard InChI is InChI=1S/C12H13N3O5S/c1-18-5-8-4-9(15-20-8)11(17)14-12-13-7(6-21-12)3-10(16)19-2/h4,6H,3,5H2,1-2H3,(H,13,14,17). The van der Waals surface area contributed by atoms with Crippen LogP contribution in [0.3, 0.4) is 0 Å². The number of nitrogens with zero attached hydrogens (tertiary/aromatic N) is 2. The van der Waals surface area contributed by atoms with Crippen molar-refractivity contribution >= 4 is 28.3 Å². The van der Waals surface area contributed by atoms with E-state index < -0.39 is 5.91 Å². The van der Waals surface area contributed by atoms with E-state index in [2.05, 4.69) is 20.2 Å². The Balaban J connectivity index is 1.97. The molecule has 112 valence electrons. The van der Waals surface area contributed by atoms with Crippen LogP contribution in [0.4, 0.5) is 5.13 Å². The molecule has 1 amide bonds. The van der Waals surface area contributed by atoms with Gasteiger partial charge in [0, 0.05) is 18.6 Å². The van der Waals surface area contributed by atoms with Gasteiger partial charge in [0.1, 0.15) is 6.61 Å². The number of hydrogen-bond donors (Lipinski definition) is 1. The van der Waals surface area contributed by atoms with Crippen LogP contribution < -0.4 is 5.32 Å². The number of esters is 1. The van der Waals surface area contributed by atoms with Crippen LogP contribution in [0.1, 0.15) is 21.9 Å². The van der Waals surface area contributed by atoms with E-state index in [0.29, 0.717) is 16.6 Å². The van der Waals surface area contributed by atoms with Gasteiger partial charge in [0.15, 0.2) is 16.6 Å². The molecule has 0 atom stereocenters. The molecule has 0 unspecified atom stereocenters. The third-order valence-electron chi connectivity index (χ3n) is 2.40. The van der Waals surface area contributed by atoms with Crippen molar-refractivity contribution in [2.45, 2.75) is 13.0 Å². The van der Waals surface area contributed by atoms with E-state index in [1.54, 1.807) is 5.38 Å². The van der Waals surface area contributed by atoms with E-state index in [1.165, 1.54) is 31.6 Å². The Kier molecular flexibility index (Phi) is 5.01. The van der Waals surface area contributed by atoms with Crippen LogP contribution in [0, 0.1) is 0 Å². The van der Waals surface area contributed by atoms with Crippen LogP contribution in [0.5, 0.6) is 0 Å². The Morgan fingerprint density at radius 3 is 2.95 bits per heavy atom. The SMILES string of the molecule is COCc1cc(C(=O)Nc2nc(CC(=O)OC)cs2)no1. The molecule has 0 fully saturated rings. The normalized spacial score (nSPS) is 10.4. The Bertz CT molecular complexity index is 636. The average Bonchev–Trinajstić information content (AvgIpc) is 3.09. The number of ether oxygens (including phenoxy) is 2. The van der Waals surface area contributed by atoms with Crippen LogP contribution in [0.25, 0.3) is 0 Å². The second-order valence-corrected chi connectivity index (χ2v) is 4.82. The lowest BCUT2D eigenvalue weighted by Crippen LogP contribution is -2.12. The van der Waals surface area contributed by atoms with Gasteiger partial charge in [-0.25, -0.2) is 4.98 Å². The van der Waals surface area contributed by atoms with Crippen molar-refractivity contribution in [2.75, 3.05) is 19.5 Å². The summed E-state index contributed by atoms with van der Waals surface area (Å²) in [6.45, 7) is 0.237. The molecule has 0 aromatic carbocycles. The number of rotatable bonds is 6. The van der Waals surface area contributed by atoms with Crippen molar-refractivity contribution in [1.82, 2.24) is 10.1 Å². The second-order valence-electron chi connectivity index (χ2n) is 3.96. The molecule has 8 nitrogen and oxygen atoms in total. The smallest absolute Gasteiger partial charge is 0.311 e. The molecule has 0 aliphatic heterocycles. The van der Waals surface area contributed by atoms with Crippen molar-refractivity contribution in [3.05, 3.63) is 28.6 Å². The lowest BCUT2D eigenvalue weighted by atomic mass is 10.3. The van der Waals surface area contributed by atoms with E-state index in [9.17, 15) is 9.59 Å². The maximum Gasteiger partial charge on any atom is 0.311 e. The minimum absolute atomic E-state index is 0.0603. The highest BCUT2D eigenvalue weighted by Crippen LogP contribution is 2.17. The maximum atomic E-state index is 11.9. The molecule has 21 heavy (non-hydrogen) atoms. The fraction of sp³-hybridized carbons (Fsp3) is 0.333. The lowest BCUT2D eigenvalue weighted by molar-refractivity contribution is -0.139. The fourth-order valence-corrected chi connectivity index (χ4v) is 2.16. The Morgan fingerprint density at radius 1 is 1.43 bits per heavy atom. The Labute approximate surface area is 124 Å². The van der Waals surface area contributed by atoms with Gasteiger partial charge in [-0.2, -0.15) is 0 Å². The van der Waals surface area contributed by atoms with E-state index in [1.807, 2.05) is 0 Å². The Hall–Kier alpha value is -2.26. The predicted octanol–water partition coefficient (Wildman–Crippen LogP) is 1.25. The molecule has 0 saturated heterocycles. The van der Waals surface area contributed by atoms with Crippen LogP contribution in [-0.4, -0.2) is 36.2 Å². The zero-order valence-corrected chi connectivity index (χ0v) is 12.2. The highest BCUT2D eigenvalue weighted by molar-refractivity contribution is 7.14. The molecular weight excluding hydrogens is 298 g/mol. The lowest BCUT2D eigenvalue weighted by Gasteiger charge is -1.97. The van der Waals surface area contributed by atoms with Gasteiger partial charge in [0.25, 0.3) is 5.91 Å². The molecule has 2 aromatic heterocycles. The molecule has 0 bridgehead atoms. The summed E-state index contributed by atoms with van der Waals surface area (Å²) in [5.41, 5.74) is 0.661. The second kappa shape index (κ2) is 6.95. The third-order valence-corrected chi connectivity index (χ3v) is 3.21. The number of amides is 1. The summed E-state index contributed by atoms with van der Waals surface area (Å²) in [4.78, 5) is 27.1. The van der Waals surface area contributed by atoms with Crippen molar-refractivity contribution in [3.63, 3.8) is 0 Å². The number of thiazole rings is 1. The van der Waals surface area contributed by atoms with Gasteiger partial charge in [-0.15, -0.1) is 11.3 Å². The summed E-state index contributed by atoms with van der Waals surface area (Å²) in [7, 11) is 2.82. The highest BCUT2D eigenvalue weighted by atomic mass is 32.1. The van der Waals surface area contributed by atoms with Crippen molar-refractivity contribution < 1.29 is 23.6 Å². The summed E-state index contributed by atoms with van der Waals surface area (Å²) >= 11 is 1.21. The van der Waals surface area contributed by atoms with Gasteiger partial charge >= 0.3 is 5.97 Å². The number of carbonyl (C=O) groups is 2. The highest BCUT2D eigenvalue weighted by Gasteiger charge is 2.15. The number of carbonyl (C=O) groups excluding carboxylic acids is 2. The summed E-state index contributed by atoms with van der Waals surface area (Å²) in [6.07, 6.45) is 0.0603. The van der Waals surface area contributed by atoms with Crippen LogP contribution in [0.15, 0.2) is 16.0 Å². The van der Waals surface area contributed by atoms with Crippen LogP contribution in [-0.2, 0) is 27.3 Å². The summed E-state index contributed by atoms with van der Waals surface area (Å²) in [5, 5.41) is 8.26. The summed E-state index contributed by atoms with van der Waals surface area (Å²) in [6, 6.07) is 1.49. The predicted molar refractivity (Wildman–Crippen MR) is 73.0 cm³/mol. The number of hydrogen-bond acceptors (Lipinski definition) is 8. The van der Waals surface area contributed by atoms with Gasteiger partial charge in [-0.3, -0.25) is 14.9 Å². The molecule has 0 radical (unpaired) electrons. The molecule has 0 saturated carbocycles. The van der Waals surface area contributed by atoms with Gasteiger partial charge in [0.05, 0.1) is 19.2 Å². The molecule has 0 spiro atoms. The van der Waals surface area contributed by atoms with E-state index in [-0.39, 0.29) is 24.7 Å². The maximum absolute atomic E-state index is 11.9. The van der Waals surface area contributed by atoms with E-state index in [0.717, 1.165) is 0 Å². The topological polar surface area (TPSA) is 104 Å². The van der Waals surface area contributed by atoms with Crippen molar-refractivity contribution in [1.29, 1.82) is 0 Å². The monoisotopic (exact) mass is 311 g/mol. The van der Waals surface area contributed by atoms with E-state index >= 15 is 0 Å². The fourth-order valence-electron chi connectivity index (χ4n) is 1.46. The first-order chi connectivity index (χ1) is 10.1. The first kappa shape index (κ1) is 15.1. The first-order valence-corrected chi connectivity index (χ1v) is 6.77. The van der Waals surface area contributed by atoms with Gasteiger partial charge in [0.2, 0.25) is 0 Å². The van der Waals surface area contributed by atoms with Gasteiger partial charge < -0.3 is 14.0 Å². The quantitative estimate of drug-likeness (QED) is 0.800. The number of anilines is 1. The molecule has 1 N–H and O–H groups in total. The van der Waals surface area contributed by atoms with Crippen LogP contribution >= 0.6 is 11.3 Å². The first-order valence-electron chi connectivity index (χ1n) is 5.89. The molecular formula is C12H13N3O5S. The third kappa shape index (κ3) is 4.10. The zero-order valence-electron chi connectivity index (χ0n) is 11.4. The van der Waals surface area contributed by atoms with Crippen molar-refractivity contribution in [3.8, 4) is 0 Å². The average molecular weight is 311 g/mol. The minimum atomic E-state index is -0.444. The molecule has 0 aliphatic carbocycles. The zero-order chi connectivity index (χ0) is 15.2. The molecule has 0 aliphatic rings. The molecule has 2 aromatic rings. The number of aromatic nitrogens is 2. The largest absolute Gasteiger partial charge is 0.469 e. The minimum Gasteiger partial charge on any atom is -0.469 e. The number of nitrogens with one attached hydrogen (secondary N) is 1. The van der Waals surface area contributed by atoms with Crippen molar-refractivity contribution in [2.24, 2.45) is 0 Å². The Morgan fingerprint density at radius 2 is 2.24 bits per heavy atom. The molecule has 2 heterocycles. The summed E-state index contributed by atoms with van der Waals surface area (Å²) in [5.74, 6) is -0.382. The molecule has 9 heteroatoms.